The predicted molar refractivity (Wildman–Crippen MR) is 157 cm³/mol. The molecular formula is C34H44N3O2+. The van der Waals surface area contributed by atoms with Gasteiger partial charge in [-0.2, -0.15) is 4.57 Å². The van der Waals surface area contributed by atoms with E-state index in [9.17, 15) is 9.59 Å². The van der Waals surface area contributed by atoms with E-state index in [-0.39, 0.29) is 22.6 Å². The van der Waals surface area contributed by atoms with Crippen molar-refractivity contribution >= 4 is 11.8 Å². The Morgan fingerprint density at radius 2 is 1.15 bits per heavy atom. The molecule has 0 unspecified atom stereocenters. The lowest BCUT2D eigenvalue weighted by atomic mass is 9.86. The van der Waals surface area contributed by atoms with Gasteiger partial charge < -0.3 is 10.6 Å². The number of hydrogen-bond donors (Lipinski definition) is 2. The van der Waals surface area contributed by atoms with Crippen molar-refractivity contribution in [2.75, 3.05) is 0 Å². The van der Waals surface area contributed by atoms with Gasteiger partial charge in [0.05, 0.1) is 0 Å². The molecule has 1 aliphatic heterocycles. The Balaban J connectivity index is 1.51. The van der Waals surface area contributed by atoms with Crippen LogP contribution in [0.5, 0.6) is 0 Å². The van der Waals surface area contributed by atoms with Gasteiger partial charge in [0.25, 0.3) is 11.8 Å². The summed E-state index contributed by atoms with van der Waals surface area (Å²) >= 11 is 0. The minimum absolute atomic E-state index is 0.0482. The first-order valence-electron chi connectivity index (χ1n) is 14.1. The van der Waals surface area contributed by atoms with Crippen molar-refractivity contribution < 1.29 is 14.2 Å². The van der Waals surface area contributed by atoms with Crippen LogP contribution < -0.4 is 15.2 Å². The molecule has 0 radical (unpaired) electrons. The molecule has 5 heteroatoms. The number of carbonyl (C=O) groups excluding carboxylic acids is 2. The Kier molecular flexibility index (Phi) is 8.02. The van der Waals surface area contributed by atoms with E-state index in [1.54, 1.807) is 0 Å². The average Bonchev–Trinajstić information content (AvgIpc) is 3.37. The van der Waals surface area contributed by atoms with Gasteiger partial charge in [0, 0.05) is 55.1 Å². The van der Waals surface area contributed by atoms with Gasteiger partial charge >= 0.3 is 0 Å². The molecule has 39 heavy (non-hydrogen) atoms. The molecule has 3 aromatic rings. The van der Waals surface area contributed by atoms with E-state index in [1.807, 2.05) is 48.5 Å². The van der Waals surface area contributed by atoms with Gasteiger partial charge in [-0.25, -0.2) is 0 Å². The molecule has 0 spiro atoms. The minimum atomic E-state index is -0.0756. The summed E-state index contributed by atoms with van der Waals surface area (Å²) in [6.45, 7) is 19.2. The minimum Gasteiger partial charge on any atom is -0.348 e. The van der Waals surface area contributed by atoms with Crippen LogP contribution in [0.25, 0.3) is 0 Å². The zero-order valence-electron chi connectivity index (χ0n) is 24.9. The van der Waals surface area contributed by atoms with Gasteiger partial charge in [0.15, 0.2) is 11.4 Å². The summed E-state index contributed by atoms with van der Waals surface area (Å²) in [6, 6.07) is 15.8. The average molecular weight is 527 g/mol. The maximum Gasteiger partial charge on any atom is 0.251 e. The van der Waals surface area contributed by atoms with E-state index < -0.39 is 0 Å². The zero-order valence-corrected chi connectivity index (χ0v) is 24.9. The third-order valence-electron chi connectivity index (χ3n) is 8.09. The molecule has 0 aliphatic carbocycles. The number of carbonyl (C=O) groups is 2. The van der Waals surface area contributed by atoms with Crippen LogP contribution in [-0.4, -0.2) is 11.8 Å². The molecule has 206 valence electrons. The highest BCUT2D eigenvalue weighted by Crippen LogP contribution is 2.25. The second kappa shape index (κ2) is 11.0. The summed E-state index contributed by atoms with van der Waals surface area (Å²) in [5.74, 6) is -0.144. The second-order valence-corrected chi connectivity index (χ2v) is 12.9. The van der Waals surface area contributed by atoms with Gasteiger partial charge in [0.1, 0.15) is 6.54 Å². The van der Waals surface area contributed by atoms with Crippen LogP contribution >= 0.6 is 0 Å². The van der Waals surface area contributed by atoms with Gasteiger partial charge in [-0.3, -0.25) is 9.59 Å². The SMILES string of the molecule is Cc1c(CNC(=O)c2ccc(C(C)(C)C)cc2)c(C)[n+]2c(c1CNC(=O)c1ccc(C(C)(C)C)cc1)CCC2. The first-order chi connectivity index (χ1) is 18.3. The third-order valence-corrected chi connectivity index (χ3v) is 8.09. The maximum absolute atomic E-state index is 13.0. The number of benzene rings is 2. The lowest BCUT2D eigenvalue weighted by molar-refractivity contribution is -0.697. The highest BCUT2D eigenvalue weighted by molar-refractivity contribution is 5.94. The van der Waals surface area contributed by atoms with Crippen molar-refractivity contribution in [3.8, 4) is 0 Å². The van der Waals surface area contributed by atoms with Crippen LogP contribution in [0.2, 0.25) is 0 Å². The topological polar surface area (TPSA) is 62.1 Å². The van der Waals surface area contributed by atoms with Crippen LogP contribution in [0.15, 0.2) is 48.5 Å². The van der Waals surface area contributed by atoms with E-state index in [1.165, 1.54) is 22.5 Å². The summed E-state index contributed by atoms with van der Waals surface area (Å²) < 4.78 is 2.37. The molecule has 0 bridgehead atoms. The molecule has 1 aromatic heterocycles. The van der Waals surface area contributed by atoms with Crippen LogP contribution in [0.1, 0.15) is 108 Å². The molecule has 2 heterocycles. The number of fused-ring (bicyclic) bond motifs is 1. The largest absolute Gasteiger partial charge is 0.348 e. The highest BCUT2D eigenvalue weighted by Gasteiger charge is 2.30. The quantitative estimate of drug-likeness (QED) is 0.388. The molecular weight excluding hydrogens is 482 g/mol. The van der Waals surface area contributed by atoms with Crippen LogP contribution in [0, 0.1) is 13.8 Å². The van der Waals surface area contributed by atoms with E-state index in [2.05, 4.69) is 70.6 Å². The number of pyridine rings is 1. The number of amides is 2. The molecule has 4 rings (SSSR count). The monoisotopic (exact) mass is 526 g/mol. The van der Waals surface area contributed by atoms with E-state index in [0.717, 1.165) is 36.1 Å². The summed E-state index contributed by atoms with van der Waals surface area (Å²) in [7, 11) is 0. The smallest absolute Gasteiger partial charge is 0.251 e. The van der Waals surface area contributed by atoms with Crippen LogP contribution in [0.4, 0.5) is 0 Å². The molecule has 0 fully saturated rings. The number of nitrogens with one attached hydrogen (secondary N) is 2. The van der Waals surface area contributed by atoms with Gasteiger partial charge in [-0.15, -0.1) is 0 Å². The van der Waals surface area contributed by atoms with E-state index in [0.29, 0.717) is 24.2 Å². The maximum atomic E-state index is 13.0. The Morgan fingerprint density at radius 3 is 1.59 bits per heavy atom. The van der Waals surface area contributed by atoms with Crippen molar-refractivity contribution in [1.29, 1.82) is 0 Å². The first-order valence-corrected chi connectivity index (χ1v) is 14.1. The Labute approximate surface area is 234 Å². The Bertz CT molecular complexity index is 1370. The number of hydrogen-bond acceptors (Lipinski definition) is 2. The summed E-state index contributed by atoms with van der Waals surface area (Å²) in [5.41, 5.74) is 9.76. The third kappa shape index (κ3) is 6.24. The fraction of sp³-hybridized carbons (Fsp3) is 0.441. The van der Waals surface area contributed by atoms with Crippen molar-refractivity contribution in [3.63, 3.8) is 0 Å². The fourth-order valence-corrected chi connectivity index (χ4v) is 5.47. The molecule has 2 amide bonds. The van der Waals surface area contributed by atoms with Crippen molar-refractivity contribution in [3.05, 3.63) is 98.9 Å². The molecule has 1 aliphatic rings. The number of rotatable bonds is 6. The van der Waals surface area contributed by atoms with E-state index in [4.69, 9.17) is 0 Å². The van der Waals surface area contributed by atoms with Gasteiger partial charge in [0.2, 0.25) is 0 Å². The fourth-order valence-electron chi connectivity index (χ4n) is 5.47. The number of nitrogens with zero attached hydrogens (tertiary/aromatic N) is 1. The van der Waals surface area contributed by atoms with Crippen LogP contribution in [-0.2, 0) is 36.9 Å². The molecule has 0 saturated heterocycles. The molecule has 2 aromatic carbocycles. The molecule has 5 nitrogen and oxygen atoms in total. The van der Waals surface area contributed by atoms with E-state index >= 15 is 0 Å². The molecule has 2 N–H and O–H groups in total. The molecule has 0 saturated carbocycles. The lowest BCUT2D eigenvalue weighted by Crippen LogP contribution is -2.41. The number of aromatic nitrogens is 1. The highest BCUT2D eigenvalue weighted by atomic mass is 16.2. The van der Waals surface area contributed by atoms with Gasteiger partial charge in [-0.1, -0.05) is 65.8 Å². The zero-order chi connectivity index (χ0) is 28.5. The van der Waals surface area contributed by atoms with Crippen molar-refractivity contribution in [2.45, 2.75) is 98.7 Å². The second-order valence-electron chi connectivity index (χ2n) is 12.9. The Hall–Kier alpha value is -3.47. The van der Waals surface area contributed by atoms with Crippen molar-refractivity contribution in [2.24, 2.45) is 0 Å². The standard InChI is InChI=1S/C34H43N3O2/c1-22-28(20-35-31(38)24-11-15-26(16-12-24)33(3,4)5)23(2)37-19-9-10-30(37)29(22)21-36-32(39)25-13-17-27(18-14-25)34(6,7)8/h11-18H,9-10,19-21H2,1-8H3,(H-,35,36,38,39)/p+1. The van der Waals surface area contributed by atoms with Gasteiger partial charge in [-0.05, 0) is 58.7 Å². The molecule has 0 atom stereocenters. The van der Waals surface area contributed by atoms with Crippen molar-refractivity contribution in [1.82, 2.24) is 10.6 Å². The predicted octanol–water partition coefficient (Wildman–Crippen LogP) is 5.99. The van der Waals surface area contributed by atoms with Crippen LogP contribution in [0.3, 0.4) is 0 Å². The normalized spacial score (nSPS) is 13.2. The Morgan fingerprint density at radius 1 is 0.718 bits per heavy atom. The summed E-state index contributed by atoms with van der Waals surface area (Å²) in [5, 5.41) is 6.30. The lowest BCUT2D eigenvalue weighted by Gasteiger charge is -2.19. The summed E-state index contributed by atoms with van der Waals surface area (Å²) in [6.07, 6.45) is 2.09. The first kappa shape index (κ1) is 28.5. The summed E-state index contributed by atoms with van der Waals surface area (Å²) in [4.78, 5) is 26.0.